The summed E-state index contributed by atoms with van der Waals surface area (Å²) in [5.41, 5.74) is 2.51. The van der Waals surface area contributed by atoms with Gasteiger partial charge in [0.2, 0.25) is 0 Å². The Hall–Kier alpha value is -3.03. The number of ether oxygens (including phenoxy) is 1. The quantitative estimate of drug-likeness (QED) is 0.601. The SMILES string of the molecule is COc1ccc(NC(=O)c2ccc3c(c2)C[C@@H](C)N3S(=O)(=O)c2ccc(Cl)cc2)cc1. The number of carbonyl (C=O) groups excluding carboxylic acids is 1. The first-order valence-electron chi connectivity index (χ1n) is 9.68. The van der Waals surface area contributed by atoms with E-state index in [0.29, 0.717) is 34.1 Å². The van der Waals surface area contributed by atoms with Crippen LogP contribution in [0.25, 0.3) is 0 Å². The van der Waals surface area contributed by atoms with Gasteiger partial charge in [0.15, 0.2) is 0 Å². The third-order valence-corrected chi connectivity index (χ3v) is 7.41. The zero-order valence-electron chi connectivity index (χ0n) is 17.0. The van der Waals surface area contributed by atoms with Crippen LogP contribution in [-0.2, 0) is 16.4 Å². The first-order chi connectivity index (χ1) is 14.8. The van der Waals surface area contributed by atoms with Crippen LogP contribution < -0.4 is 14.4 Å². The molecule has 0 bridgehead atoms. The second-order valence-electron chi connectivity index (χ2n) is 7.33. The van der Waals surface area contributed by atoms with Gasteiger partial charge in [0.05, 0.1) is 17.7 Å². The van der Waals surface area contributed by atoms with Crippen molar-refractivity contribution < 1.29 is 17.9 Å². The molecule has 1 aliphatic heterocycles. The summed E-state index contributed by atoms with van der Waals surface area (Å²) < 4.78 is 33.0. The van der Waals surface area contributed by atoms with Crippen molar-refractivity contribution in [2.75, 3.05) is 16.7 Å². The summed E-state index contributed by atoms with van der Waals surface area (Å²) >= 11 is 5.90. The summed E-state index contributed by atoms with van der Waals surface area (Å²) in [5.74, 6) is 0.436. The van der Waals surface area contributed by atoms with Gasteiger partial charge < -0.3 is 10.1 Å². The number of halogens is 1. The highest BCUT2D eigenvalue weighted by atomic mass is 35.5. The molecule has 31 heavy (non-hydrogen) atoms. The van der Waals surface area contributed by atoms with Crippen LogP contribution in [0.3, 0.4) is 0 Å². The molecule has 0 saturated heterocycles. The standard InChI is InChI=1S/C23H21ClN2O4S/c1-15-13-17-14-16(23(27)25-19-6-8-20(30-2)9-7-19)3-12-22(17)26(15)31(28,29)21-10-4-18(24)5-11-21/h3-12,14-15H,13H2,1-2H3,(H,25,27)/t15-/m1/s1. The number of amides is 1. The number of methoxy groups -OCH3 is 1. The van der Waals surface area contributed by atoms with Crippen LogP contribution in [-0.4, -0.2) is 27.5 Å². The van der Waals surface area contributed by atoms with Crippen LogP contribution in [0.1, 0.15) is 22.8 Å². The molecule has 3 aromatic rings. The van der Waals surface area contributed by atoms with Crippen molar-refractivity contribution in [1.29, 1.82) is 0 Å². The molecule has 1 atom stereocenters. The van der Waals surface area contributed by atoms with E-state index >= 15 is 0 Å². The lowest BCUT2D eigenvalue weighted by atomic mass is 10.1. The van der Waals surface area contributed by atoms with E-state index in [1.54, 1.807) is 61.7 Å². The van der Waals surface area contributed by atoms with Crippen molar-refractivity contribution in [3.05, 3.63) is 82.9 Å². The molecule has 1 aliphatic rings. The van der Waals surface area contributed by atoms with E-state index < -0.39 is 10.0 Å². The zero-order valence-corrected chi connectivity index (χ0v) is 18.6. The number of sulfonamides is 1. The van der Waals surface area contributed by atoms with Crippen molar-refractivity contribution in [2.45, 2.75) is 24.3 Å². The van der Waals surface area contributed by atoms with E-state index in [0.717, 1.165) is 5.56 Å². The molecule has 3 aromatic carbocycles. The summed E-state index contributed by atoms with van der Waals surface area (Å²) in [6.07, 6.45) is 0.520. The number of nitrogens with one attached hydrogen (secondary N) is 1. The lowest BCUT2D eigenvalue weighted by Gasteiger charge is -2.24. The summed E-state index contributed by atoms with van der Waals surface area (Å²) in [4.78, 5) is 12.9. The van der Waals surface area contributed by atoms with Gasteiger partial charge in [0.25, 0.3) is 15.9 Å². The molecular formula is C23H21ClN2O4S. The molecule has 0 radical (unpaired) electrons. The Labute approximate surface area is 186 Å². The lowest BCUT2D eigenvalue weighted by molar-refractivity contribution is 0.102. The second kappa shape index (κ2) is 8.24. The maximum Gasteiger partial charge on any atom is 0.264 e. The van der Waals surface area contributed by atoms with Crippen LogP contribution in [0.4, 0.5) is 11.4 Å². The molecule has 0 aliphatic carbocycles. The van der Waals surface area contributed by atoms with Gasteiger partial charge >= 0.3 is 0 Å². The Bertz CT molecular complexity index is 1230. The third kappa shape index (κ3) is 4.11. The minimum absolute atomic E-state index is 0.179. The van der Waals surface area contributed by atoms with Crippen LogP contribution in [0, 0.1) is 0 Å². The minimum Gasteiger partial charge on any atom is -0.497 e. The maximum absolute atomic E-state index is 13.2. The van der Waals surface area contributed by atoms with Crippen LogP contribution in [0.2, 0.25) is 5.02 Å². The predicted octanol–water partition coefficient (Wildman–Crippen LogP) is 4.74. The number of nitrogens with zero attached hydrogens (tertiary/aromatic N) is 1. The topological polar surface area (TPSA) is 75.7 Å². The van der Waals surface area contributed by atoms with Crippen molar-refractivity contribution in [3.63, 3.8) is 0 Å². The monoisotopic (exact) mass is 456 g/mol. The number of hydrogen-bond donors (Lipinski definition) is 1. The Morgan fingerprint density at radius 1 is 1.06 bits per heavy atom. The van der Waals surface area contributed by atoms with Gasteiger partial charge in [-0.3, -0.25) is 9.10 Å². The lowest BCUT2D eigenvalue weighted by Crippen LogP contribution is -2.35. The van der Waals surface area contributed by atoms with Gasteiger partial charge in [-0.05, 0) is 85.6 Å². The minimum atomic E-state index is -3.74. The molecule has 160 valence electrons. The van der Waals surface area contributed by atoms with E-state index in [9.17, 15) is 13.2 Å². The smallest absolute Gasteiger partial charge is 0.264 e. The van der Waals surface area contributed by atoms with Crippen LogP contribution in [0.15, 0.2) is 71.6 Å². The van der Waals surface area contributed by atoms with Crippen molar-refractivity contribution in [1.82, 2.24) is 0 Å². The highest BCUT2D eigenvalue weighted by molar-refractivity contribution is 7.92. The molecule has 6 nitrogen and oxygen atoms in total. The van der Waals surface area contributed by atoms with Gasteiger partial charge in [0, 0.05) is 22.3 Å². The normalized spacial score (nSPS) is 15.5. The molecule has 0 fully saturated rings. The average Bonchev–Trinajstić information content (AvgIpc) is 3.10. The predicted molar refractivity (Wildman–Crippen MR) is 122 cm³/mol. The molecular weight excluding hydrogens is 436 g/mol. The fourth-order valence-corrected chi connectivity index (χ4v) is 5.53. The van der Waals surface area contributed by atoms with Gasteiger partial charge in [-0.2, -0.15) is 0 Å². The van der Waals surface area contributed by atoms with Gasteiger partial charge in [0.1, 0.15) is 5.75 Å². The molecule has 0 aromatic heterocycles. The van der Waals surface area contributed by atoms with Gasteiger partial charge in [-0.15, -0.1) is 0 Å². The fraction of sp³-hybridized carbons (Fsp3) is 0.174. The number of anilines is 2. The average molecular weight is 457 g/mol. The first kappa shape index (κ1) is 21.2. The Morgan fingerprint density at radius 3 is 2.39 bits per heavy atom. The van der Waals surface area contributed by atoms with E-state index in [-0.39, 0.29) is 16.8 Å². The third-order valence-electron chi connectivity index (χ3n) is 5.21. The molecule has 0 spiro atoms. The number of hydrogen-bond acceptors (Lipinski definition) is 4. The number of rotatable bonds is 5. The molecule has 1 amide bonds. The zero-order chi connectivity index (χ0) is 22.2. The summed E-state index contributed by atoms with van der Waals surface area (Å²) in [6, 6.07) is 18.0. The number of fused-ring (bicyclic) bond motifs is 1. The highest BCUT2D eigenvalue weighted by Crippen LogP contribution is 2.37. The summed E-state index contributed by atoms with van der Waals surface area (Å²) in [7, 11) is -2.17. The molecule has 4 rings (SSSR count). The van der Waals surface area contributed by atoms with Crippen molar-refractivity contribution >= 4 is 38.9 Å². The van der Waals surface area contributed by atoms with E-state index in [1.807, 2.05) is 6.92 Å². The largest absolute Gasteiger partial charge is 0.497 e. The van der Waals surface area contributed by atoms with Gasteiger partial charge in [-0.25, -0.2) is 8.42 Å². The van der Waals surface area contributed by atoms with Crippen LogP contribution in [0.5, 0.6) is 5.75 Å². The fourth-order valence-electron chi connectivity index (χ4n) is 3.71. The number of carbonyl (C=O) groups is 1. The Morgan fingerprint density at radius 2 is 1.74 bits per heavy atom. The Balaban J connectivity index is 1.60. The molecule has 1 heterocycles. The Kier molecular flexibility index (Phi) is 5.64. The molecule has 1 N–H and O–H groups in total. The highest BCUT2D eigenvalue weighted by Gasteiger charge is 2.36. The molecule has 0 saturated carbocycles. The second-order valence-corrected chi connectivity index (χ2v) is 9.59. The summed E-state index contributed by atoms with van der Waals surface area (Å²) in [6.45, 7) is 1.85. The van der Waals surface area contributed by atoms with E-state index in [1.165, 1.54) is 16.4 Å². The maximum atomic E-state index is 13.2. The van der Waals surface area contributed by atoms with Crippen LogP contribution >= 0.6 is 11.6 Å². The number of benzene rings is 3. The first-order valence-corrected chi connectivity index (χ1v) is 11.5. The molecule has 0 unspecified atom stereocenters. The summed E-state index contributed by atoms with van der Waals surface area (Å²) in [5, 5.41) is 3.32. The van der Waals surface area contributed by atoms with Crippen molar-refractivity contribution in [3.8, 4) is 5.75 Å². The van der Waals surface area contributed by atoms with Crippen molar-refractivity contribution in [2.24, 2.45) is 0 Å². The van der Waals surface area contributed by atoms with E-state index in [4.69, 9.17) is 16.3 Å². The van der Waals surface area contributed by atoms with Gasteiger partial charge in [-0.1, -0.05) is 11.6 Å². The molecule has 8 heteroatoms. The van der Waals surface area contributed by atoms with E-state index in [2.05, 4.69) is 5.32 Å².